The second-order valence-corrected chi connectivity index (χ2v) is 5.93. The van der Waals surface area contributed by atoms with Crippen LogP contribution in [0.25, 0.3) is 21.7 Å². The largest absolute Gasteiger partial charge is 0.497 e. The van der Waals surface area contributed by atoms with Crippen molar-refractivity contribution >= 4 is 27.6 Å². The zero-order valence-corrected chi connectivity index (χ0v) is 13.7. The number of fused-ring (bicyclic) bond motifs is 3. The van der Waals surface area contributed by atoms with Gasteiger partial charge in [0.25, 0.3) is 0 Å². The van der Waals surface area contributed by atoms with E-state index in [2.05, 4.69) is 0 Å². The van der Waals surface area contributed by atoms with E-state index in [0.717, 1.165) is 21.7 Å². The van der Waals surface area contributed by atoms with Crippen LogP contribution in [0.15, 0.2) is 42.6 Å². The molecule has 0 saturated heterocycles. The second kappa shape index (κ2) is 6.31. The maximum Gasteiger partial charge on any atom is 0.471 e. The van der Waals surface area contributed by atoms with Gasteiger partial charge in [0, 0.05) is 29.6 Å². The molecule has 132 valence electrons. The standard InChI is InChI=1S/C18H17F3N2O2/c1-11(22-17(24)18(19,20)21)10-23-8-7-13-4-3-12-5-6-14(25-2)9-15(12)16(13)23/h3-9,11H,10H2,1-2H3,(H,22,24)/t11-/m0/s1. The quantitative estimate of drug-likeness (QED) is 0.776. The van der Waals surface area contributed by atoms with E-state index in [1.165, 1.54) is 0 Å². The van der Waals surface area contributed by atoms with Gasteiger partial charge < -0.3 is 14.6 Å². The number of hydrogen-bond acceptors (Lipinski definition) is 2. The Balaban J connectivity index is 1.96. The summed E-state index contributed by atoms with van der Waals surface area (Å²) in [7, 11) is 1.58. The Morgan fingerprint density at radius 2 is 1.88 bits per heavy atom. The molecule has 0 saturated carbocycles. The van der Waals surface area contributed by atoms with E-state index < -0.39 is 18.1 Å². The molecule has 0 radical (unpaired) electrons. The zero-order chi connectivity index (χ0) is 18.2. The van der Waals surface area contributed by atoms with Gasteiger partial charge in [-0.05, 0) is 30.5 Å². The molecule has 0 aliphatic rings. The highest BCUT2D eigenvalue weighted by molar-refractivity contribution is 6.06. The van der Waals surface area contributed by atoms with Crippen molar-refractivity contribution in [2.24, 2.45) is 0 Å². The maximum absolute atomic E-state index is 12.4. The number of carbonyl (C=O) groups excluding carboxylic acids is 1. The molecule has 1 amide bonds. The third-order valence-electron chi connectivity index (χ3n) is 4.06. The molecule has 0 unspecified atom stereocenters. The van der Waals surface area contributed by atoms with Crippen molar-refractivity contribution in [3.8, 4) is 5.75 Å². The van der Waals surface area contributed by atoms with E-state index >= 15 is 0 Å². The minimum absolute atomic E-state index is 0.224. The molecular weight excluding hydrogens is 333 g/mol. The van der Waals surface area contributed by atoms with E-state index in [9.17, 15) is 18.0 Å². The lowest BCUT2D eigenvalue weighted by molar-refractivity contribution is -0.174. The first-order chi connectivity index (χ1) is 11.8. The van der Waals surface area contributed by atoms with Crippen molar-refractivity contribution in [2.75, 3.05) is 7.11 Å². The van der Waals surface area contributed by atoms with Crippen LogP contribution in [0.2, 0.25) is 0 Å². The van der Waals surface area contributed by atoms with Gasteiger partial charge in [0.15, 0.2) is 0 Å². The van der Waals surface area contributed by atoms with Crippen LogP contribution in [0, 0.1) is 0 Å². The number of amides is 1. The Labute approximate surface area is 142 Å². The number of carbonyl (C=O) groups is 1. The molecular formula is C18H17F3N2O2. The van der Waals surface area contributed by atoms with Gasteiger partial charge in [-0.2, -0.15) is 13.2 Å². The van der Waals surface area contributed by atoms with Gasteiger partial charge in [-0.25, -0.2) is 0 Å². The number of nitrogens with one attached hydrogen (secondary N) is 1. The highest BCUT2D eigenvalue weighted by Gasteiger charge is 2.39. The van der Waals surface area contributed by atoms with E-state index in [1.54, 1.807) is 20.2 Å². The van der Waals surface area contributed by atoms with Crippen LogP contribution in [0.3, 0.4) is 0 Å². The maximum atomic E-state index is 12.4. The van der Waals surface area contributed by atoms with Gasteiger partial charge in [0.1, 0.15) is 5.75 Å². The molecule has 4 nitrogen and oxygen atoms in total. The van der Waals surface area contributed by atoms with Crippen molar-refractivity contribution in [3.05, 3.63) is 42.6 Å². The van der Waals surface area contributed by atoms with E-state index in [0.29, 0.717) is 5.75 Å². The predicted octanol–water partition coefficient (Wildman–Crippen LogP) is 3.87. The molecule has 1 aromatic heterocycles. The summed E-state index contributed by atoms with van der Waals surface area (Å²) < 4.78 is 44.3. The molecule has 25 heavy (non-hydrogen) atoms. The lowest BCUT2D eigenvalue weighted by Crippen LogP contribution is -2.43. The van der Waals surface area contributed by atoms with Crippen LogP contribution in [0.5, 0.6) is 5.75 Å². The highest BCUT2D eigenvalue weighted by Crippen LogP contribution is 2.29. The van der Waals surface area contributed by atoms with Crippen molar-refractivity contribution in [3.63, 3.8) is 0 Å². The summed E-state index contributed by atoms with van der Waals surface area (Å²) in [6.07, 6.45) is -3.08. The van der Waals surface area contributed by atoms with E-state index in [1.807, 2.05) is 46.3 Å². The molecule has 3 aromatic rings. The van der Waals surface area contributed by atoms with Crippen LogP contribution in [-0.4, -0.2) is 29.8 Å². The molecule has 0 aliphatic heterocycles. The number of halogens is 3. The van der Waals surface area contributed by atoms with Gasteiger partial charge in [-0.3, -0.25) is 4.79 Å². The Morgan fingerprint density at radius 3 is 2.56 bits per heavy atom. The Kier molecular flexibility index (Phi) is 4.32. The smallest absolute Gasteiger partial charge is 0.471 e. The highest BCUT2D eigenvalue weighted by atomic mass is 19.4. The fourth-order valence-corrected chi connectivity index (χ4v) is 2.93. The molecule has 1 N–H and O–H groups in total. The summed E-state index contributed by atoms with van der Waals surface area (Å²) in [5.74, 6) is -1.23. The first kappa shape index (κ1) is 17.1. The van der Waals surface area contributed by atoms with Gasteiger partial charge in [-0.15, -0.1) is 0 Å². The average Bonchev–Trinajstić information content (AvgIpc) is 2.96. The molecule has 0 fully saturated rings. The number of nitrogens with zero attached hydrogens (tertiary/aromatic N) is 1. The Hall–Kier alpha value is -2.70. The summed E-state index contributed by atoms with van der Waals surface area (Å²) in [5.41, 5.74) is 0.893. The van der Waals surface area contributed by atoms with Gasteiger partial charge in [0.05, 0.1) is 12.6 Å². The minimum Gasteiger partial charge on any atom is -0.497 e. The zero-order valence-electron chi connectivity index (χ0n) is 13.7. The van der Waals surface area contributed by atoms with Gasteiger partial charge in [0.2, 0.25) is 0 Å². The lowest BCUT2D eigenvalue weighted by Gasteiger charge is -2.17. The van der Waals surface area contributed by atoms with E-state index in [4.69, 9.17) is 4.74 Å². The number of hydrogen-bond donors (Lipinski definition) is 1. The van der Waals surface area contributed by atoms with Crippen LogP contribution >= 0.6 is 0 Å². The molecule has 1 atom stereocenters. The molecule has 0 spiro atoms. The van der Waals surface area contributed by atoms with Crippen LogP contribution in [0.1, 0.15) is 6.92 Å². The SMILES string of the molecule is COc1ccc2ccc3ccn(C[C@H](C)NC(=O)C(F)(F)F)c3c2c1. The Morgan fingerprint density at radius 1 is 1.20 bits per heavy atom. The fourth-order valence-electron chi connectivity index (χ4n) is 2.93. The predicted molar refractivity (Wildman–Crippen MR) is 89.7 cm³/mol. The van der Waals surface area contributed by atoms with Crippen molar-refractivity contribution in [1.29, 1.82) is 0 Å². The third-order valence-corrected chi connectivity index (χ3v) is 4.06. The first-order valence-electron chi connectivity index (χ1n) is 7.73. The van der Waals surface area contributed by atoms with Gasteiger partial charge >= 0.3 is 12.1 Å². The van der Waals surface area contributed by atoms with Crippen LogP contribution < -0.4 is 10.1 Å². The Bertz CT molecular complexity index is 931. The number of methoxy groups -OCH3 is 1. The lowest BCUT2D eigenvalue weighted by atomic mass is 10.1. The molecule has 1 heterocycles. The molecule has 2 aromatic carbocycles. The number of benzene rings is 2. The van der Waals surface area contributed by atoms with Crippen molar-refractivity contribution in [2.45, 2.75) is 25.7 Å². The van der Waals surface area contributed by atoms with Crippen LogP contribution in [0.4, 0.5) is 13.2 Å². The molecule has 3 rings (SSSR count). The third kappa shape index (κ3) is 3.40. The summed E-state index contributed by atoms with van der Waals surface area (Å²) >= 11 is 0. The van der Waals surface area contributed by atoms with E-state index in [-0.39, 0.29) is 6.54 Å². The molecule has 0 bridgehead atoms. The topological polar surface area (TPSA) is 43.3 Å². The molecule has 7 heteroatoms. The van der Waals surface area contributed by atoms with Crippen molar-refractivity contribution < 1.29 is 22.7 Å². The monoisotopic (exact) mass is 350 g/mol. The molecule has 0 aliphatic carbocycles. The second-order valence-electron chi connectivity index (χ2n) is 5.93. The summed E-state index contributed by atoms with van der Waals surface area (Å²) in [6.45, 7) is 1.77. The first-order valence-corrected chi connectivity index (χ1v) is 7.73. The fraction of sp³-hybridized carbons (Fsp3) is 0.278. The van der Waals surface area contributed by atoms with Crippen LogP contribution in [-0.2, 0) is 11.3 Å². The normalized spacial score (nSPS) is 13.2. The number of aromatic nitrogens is 1. The summed E-state index contributed by atoms with van der Waals surface area (Å²) in [5, 5.41) is 4.89. The number of alkyl halides is 3. The summed E-state index contributed by atoms with van der Waals surface area (Å²) in [6, 6.07) is 10.8. The number of ether oxygens (including phenoxy) is 1. The minimum atomic E-state index is -4.88. The average molecular weight is 350 g/mol. The van der Waals surface area contributed by atoms with Gasteiger partial charge in [-0.1, -0.05) is 18.2 Å². The van der Waals surface area contributed by atoms with Crippen molar-refractivity contribution in [1.82, 2.24) is 9.88 Å². The summed E-state index contributed by atoms with van der Waals surface area (Å²) in [4.78, 5) is 11.1. The number of rotatable bonds is 4.